The lowest BCUT2D eigenvalue weighted by Crippen LogP contribution is -2.39. The maximum Gasteiger partial charge on any atom is 0.251 e. The Morgan fingerprint density at radius 3 is 2.52 bits per heavy atom. The number of nitrogens with one attached hydrogen (secondary N) is 2. The molecule has 5 nitrogen and oxygen atoms in total. The van der Waals surface area contributed by atoms with Gasteiger partial charge in [0.2, 0.25) is 5.91 Å². The maximum atomic E-state index is 12.2. The van der Waals surface area contributed by atoms with Crippen LogP contribution in [-0.4, -0.2) is 30.9 Å². The van der Waals surface area contributed by atoms with Gasteiger partial charge in [-0.25, -0.2) is 0 Å². The van der Waals surface area contributed by atoms with Crippen molar-refractivity contribution in [2.75, 3.05) is 13.1 Å². The summed E-state index contributed by atoms with van der Waals surface area (Å²) in [7, 11) is 0. The van der Waals surface area contributed by atoms with Gasteiger partial charge in [-0.3, -0.25) is 9.59 Å². The molecule has 0 spiro atoms. The first kappa shape index (κ1) is 19.2. The van der Waals surface area contributed by atoms with E-state index in [1.165, 1.54) is 12.8 Å². The lowest BCUT2D eigenvalue weighted by molar-refractivity contribution is -0.121. The van der Waals surface area contributed by atoms with Crippen molar-refractivity contribution < 1.29 is 9.59 Å². The molecule has 2 aromatic rings. The number of carbonyl (C=O) groups is 2. The molecule has 1 fully saturated rings. The lowest BCUT2D eigenvalue weighted by Gasteiger charge is -2.11. The zero-order chi connectivity index (χ0) is 16.9. The fourth-order valence-electron chi connectivity index (χ4n) is 2.73. The van der Waals surface area contributed by atoms with E-state index in [1.807, 2.05) is 36.4 Å². The third kappa shape index (κ3) is 5.44. The van der Waals surface area contributed by atoms with Crippen molar-refractivity contribution in [3.8, 4) is 0 Å². The van der Waals surface area contributed by atoms with E-state index >= 15 is 0 Å². The predicted molar refractivity (Wildman–Crippen MR) is 102 cm³/mol. The van der Waals surface area contributed by atoms with E-state index < -0.39 is 0 Å². The van der Waals surface area contributed by atoms with Crippen LogP contribution < -0.4 is 16.4 Å². The van der Waals surface area contributed by atoms with E-state index in [0.717, 1.165) is 10.8 Å². The Morgan fingerprint density at radius 2 is 1.80 bits per heavy atom. The van der Waals surface area contributed by atoms with Gasteiger partial charge < -0.3 is 16.4 Å². The number of hydrogen-bond donors (Lipinski definition) is 3. The summed E-state index contributed by atoms with van der Waals surface area (Å²) < 4.78 is 0. The second-order valence-electron chi connectivity index (χ2n) is 6.37. The molecule has 1 aliphatic carbocycles. The van der Waals surface area contributed by atoms with Gasteiger partial charge in [0.05, 0.1) is 0 Å². The molecule has 0 bridgehead atoms. The number of benzene rings is 2. The second-order valence-corrected chi connectivity index (χ2v) is 6.37. The first-order valence-corrected chi connectivity index (χ1v) is 8.43. The van der Waals surface area contributed by atoms with Crippen molar-refractivity contribution in [1.82, 2.24) is 10.6 Å². The van der Waals surface area contributed by atoms with Gasteiger partial charge in [-0.15, -0.1) is 12.4 Å². The molecule has 6 heteroatoms. The molecule has 1 aliphatic rings. The number of carbonyl (C=O) groups excluding carboxylic acids is 2. The maximum absolute atomic E-state index is 12.2. The molecule has 134 valence electrons. The van der Waals surface area contributed by atoms with Crippen LogP contribution in [0.25, 0.3) is 10.8 Å². The average molecular weight is 362 g/mol. The highest BCUT2D eigenvalue weighted by atomic mass is 35.5. The fourth-order valence-corrected chi connectivity index (χ4v) is 2.73. The van der Waals surface area contributed by atoms with Crippen LogP contribution in [0.15, 0.2) is 42.5 Å². The van der Waals surface area contributed by atoms with Gasteiger partial charge in [-0.05, 0) is 41.7 Å². The van der Waals surface area contributed by atoms with E-state index in [0.29, 0.717) is 24.6 Å². The van der Waals surface area contributed by atoms with Crippen LogP contribution in [0, 0.1) is 5.92 Å². The third-order valence-corrected chi connectivity index (χ3v) is 4.41. The Labute approximate surface area is 153 Å². The summed E-state index contributed by atoms with van der Waals surface area (Å²) in [6.45, 7) is 0.832. The first-order chi connectivity index (χ1) is 11.6. The molecule has 0 radical (unpaired) electrons. The monoisotopic (exact) mass is 361 g/mol. The minimum absolute atomic E-state index is 0. The summed E-state index contributed by atoms with van der Waals surface area (Å²) in [6.07, 6.45) is 2.59. The summed E-state index contributed by atoms with van der Waals surface area (Å²) in [5.41, 5.74) is 6.54. The van der Waals surface area contributed by atoms with Crippen molar-refractivity contribution >= 4 is 35.0 Å². The molecule has 2 amide bonds. The number of rotatable bonds is 7. The molecule has 25 heavy (non-hydrogen) atoms. The lowest BCUT2D eigenvalue weighted by atomic mass is 10.1. The highest BCUT2D eigenvalue weighted by Crippen LogP contribution is 2.31. The van der Waals surface area contributed by atoms with E-state index in [2.05, 4.69) is 10.6 Å². The Hall–Kier alpha value is -2.11. The molecule has 1 saturated carbocycles. The van der Waals surface area contributed by atoms with E-state index in [9.17, 15) is 9.59 Å². The number of halogens is 1. The van der Waals surface area contributed by atoms with Crippen molar-refractivity contribution in [3.05, 3.63) is 48.0 Å². The molecule has 2 aromatic carbocycles. The summed E-state index contributed by atoms with van der Waals surface area (Å²) in [5, 5.41) is 7.74. The van der Waals surface area contributed by atoms with Crippen molar-refractivity contribution in [1.29, 1.82) is 0 Å². The van der Waals surface area contributed by atoms with Crippen molar-refractivity contribution in [2.24, 2.45) is 11.7 Å². The third-order valence-electron chi connectivity index (χ3n) is 4.41. The molecule has 0 aliphatic heterocycles. The molecule has 0 saturated heterocycles. The van der Waals surface area contributed by atoms with E-state index in [1.54, 1.807) is 6.07 Å². The summed E-state index contributed by atoms with van der Waals surface area (Å²) in [5.74, 6) is 0.325. The Kier molecular flexibility index (Phi) is 6.79. The SMILES string of the molecule is Cl.NC(CNC(=O)CCNC(=O)c1ccc2ccccc2c1)C1CC1. The Morgan fingerprint density at radius 1 is 1.08 bits per heavy atom. The number of amides is 2. The zero-order valence-electron chi connectivity index (χ0n) is 14.0. The molecule has 1 unspecified atom stereocenters. The van der Waals surface area contributed by atoms with Gasteiger partial charge in [0.25, 0.3) is 5.91 Å². The minimum Gasteiger partial charge on any atom is -0.354 e. The van der Waals surface area contributed by atoms with Crippen LogP contribution in [0.4, 0.5) is 0 Å². The normalized spacial score (nSPS) is 14.4. The first-order valence-electron chi connectivity index (χ1n) is 8.43. The number of nitrogens with two attached hydrogens (primary N) is 1. The highest BCUT2D eigenvalue weighted by Gasteiger charge is 2.28. The quantitative estimate of drug-likeness (QED) is 0.707. The number of fused-ring (bicyclic) bond motifs is 1. The van der Waals surface area contributed by atoms with Gasteiger partial charge in [0, 0.05) is 31.1 Å². The van der Waals surface area contributed by atoms with Gasteiger partial charge in [0.15, 0.2) is 0 Å². The van der Waals surface area contributed by atoms with Gasteiger partial charge in [-0.1, -0.05) is 30.3 Å². The number of hydrogen-bond acceptors (Lipinski definition) is 3. The molecule has 0 aromatic heterocycles. The predicted octanol–water partition coefficient (Wildman–Crippen LogP) is 2.23. The van der Waals surface area contributed by atoms with Crippen LogP contribution in [0.2, 0.25) is 0 Å². The highest BCUT2D eigenvalue weighted by molar-refractivity contribution is 5.98. The minimum atomic E-state index is -0.164. The second kappa shape index (κ2) is 8.83. The molecule has 0 heterocycles. The van der Waals surface area contributed by atoms with Crippen molar-refractivity contribution in [2.45, 2.75) is 25.3 Å². The van der Waals surface area contributed by atoms with Crippen molar-refractivity contribution in [3.63, 3.8) is 0 Å². The Balaban J connectivity index is 0.00000225. The van der Waals surface area contributed by atoms with Crippen LogP contribution in [0.1, 0.15) is 29.6 Å². The molecule has 4 N–H and O–H groups in total. The zero-order valence-corrected chi connectivity index (χ0v) is 14.9. The molecular weight excluding hydrogens is 338 g/mol. The topological polar surface area (TPSA) is 84.2 Å². The van der Waals surface area contributed by atoms with E-state index in [-0.39, 0.29) is 36.7 Å². The largest absolute Gasteiger partial charge is 0.354 e. The standard InChI is InChI=1S/C19H23N3O2.ClH/c20-17(14-6-7-14)12-22-18(23)9-10-21-19(24)16-8-5-13-3-1-2-4-15(13)11-16;/h1-5,8,11,14,17H,6-7,9-10,12,20H2,(H,21,24)(H,22,23);1H. The van der Waals surface area contributed by atoms with Crippen LogP contribution in [-0.2, 0) is 4.79 Å². The summed E-state index contributed by atoms with van der Waals surface area (Å²) in [6, 6.07) is 13.5. The van der Waals surface area contributed by atoms with Gasteiger partial charge >= 0.3 is 0 Å². The Bertz CT molecular complexity index is 746. The molecule has 1 atom stereocenters. The van der Waals surface area contributed by atoms with Crippen LogP contribution in [0.3, 0.4) is 0 Å². The fraction of sp³-hybridized carbons (Fsp3) is 0.368. The van der Waals surface area contributed by atoms with Crippen LogP contribution in [0.5, 0.6) is 0 Å². The molecule has 3 rings (SSSR count). The average Bonchev–Trinajstić information content (AvgIpc) is 3.44. The van der Waals surface area contributed by atoms with E-state index in [4.69, 9.17) is 5.73 Å². The summed E-state index contributed by atoms with van der Waals surface area (Å²) >= 11 is 0. The van der Waals surface area contributed by atoms with Gasteiger partial charge in [-0.2, -0.15) is 0 Å². The smallest absolute Gasteiger partial charge is 0.251 e. The molecular formula is C19H24ClN3O2. The van der Waals surface area contributed by atoms with Crippen LogP contribution >= 0.6 is 12.4 Å². The summed E-state index contributed by atoms with van der Waals surface area (Å²) in [4.78, 5) is 23.9. The van der Waals surface area contributed by atoms with Gasteiger partial charge in [0.1, 0.15) is 0 Å².